The largest absolute Gasteiger partial charge is 0.349 e. The minimum Gasteiger partial charge on any atom is -0.349 e. The van der Waals surface area contributed by atoms with E-state index < -0.39 is 0 Å². The number of nitrogens with one attached hydrogen (secondary N) is 1. The topological polar surface area (TPSA) is 70.5 Å². The molecule has 156 valence electrons. The highest BCUT2D eigenvalue weighted by Gasteiger charge is 2.28. The molecule has 1 aromatic heterocycles. The molecule has 0 aliphatic carbocycles. The minimum atomic E-state index is -0.198. The number of hydrogen-bond donors (Lipinski definition) is 1. The number of carbonyl (C=O) groups excluding carboxylic acids is 2. The van der Waals surface area contributed by atoms with E-state index in [1.165, 1.54) is 0 Å². The standard InChI is InChI=1S/C22H31N5O2/c1-25(2)14-9-13-23-21(28)20-24-19(18-12-7-8-15-27(18)20)22(29)26(3)16-17-10-5-4-6-11-17/h4-6,10-11H,7-9,12-16H2,1-3H3,(H,23,28). The van der Waals surface area contributed by atoms with Crippen LogP contribution in [-0.2, 0) is 19.5 Å². The third-order valence-corrected chi connectivity index (χ3v) is 5.20. The van der Waals surface area contributed by atoms with Crippen molar-refractivity contribution in [2.24, 2.45) is 0 Å². The molecule has 7 heteroatoms. The van der Waals surface area contributed by atoms with E-state index in [4.69, 9.17) is 0 Å². The Bertz CT molecular complexity index is 844. The Labute approximate surface area is 172 Å². The first-order valence-electron chi connectivity index (χ1n) is 10.3. The summed E-state index contributed by atoms with van der Waals surface area (Å²) in [5, 5.41) is 2.95. The third kappa shape index (κ3) is 5.23. The number of hydrogen-bond acceptors (Lipinski definition) is 4. The predicted octanol–water partition coefficient (Wildman–Crippen LogP) is 2.17. The van der Waals surface area contributed by atoms with Crippen molar-refractivity contribution >= 4 is 11.8 Å². The van der Waals surface area contributed by atoms with Crippen LogP contribution in [-0.4, -0.2) is 65.4 Å². The fraction of sp³-hybridized carbons (Fsp3) is 0.500. The molecule has 0 saturated heterocycles. The van der Waals surface area contributed by atoms with Gasteiger partial charge in [-0.15, -0.1) is 0 Å². The number of benzene rings is 1. The molecule has 0 spiro atoms. The molecule has 1 aliphatic heterocycles. The van der Waals surface area contributed by atoms with Crippen molar-refractivity contribution in [2.75, 3.05) is 34.2 Å². The average Bonchev–Trinajstić information content (AvgIpc) is 3.11. The lowest BCUT2D eigenvalue weighted by Crippen LogP contribution is -2.30. The van der Waals surface area contributed by atoms with E-state index >= 15 is 0 Å². The van der Waals surface area contributed by atoms with Gasteiger partial charge in [-0.3, -0.25) is 9.59 Å². The van der Waals surface area contributed by atoms with Crippen LogP contribution in [0.1, 0.15) is 51.6 Å². The van der Waals surface area contributed by atoms with Crippen molar-refractivity contribution in [1.82, 2.24) is 24.7 Å². The molecule has 0 bridgehead atoms. The highest BCUT2D eigenvalue weighted by Crippen LogP contribution is 2.22. The van der Waals surface area contributed by atoms with Crippen LogP contribution in [0.3, 0.4) is 0 Å². The van der Waals surface area contributed by atoms with E-state index in [1.807, 2.05) is 49.0 Å². The number of imidazole rings is 1. The smallest absolute Gasteiger partial charge is 0.287 e. The van der Waals surface area contributed by atoms with Gasteiger partial charge < -0.3 is 19.7 Å². The molecule has 2 amide bonds. The van der Waals surface area contributed by atoms with Crippen LogP contribution in [0.5, 0.6) is 0 Å². The maximum absolute atomic E-state index is 13.1. The normalized spacial score (nSPS) is 13.2. The molecule has 1 N–H and O–H groups in total. The van der Waals surface area contributed by atoms with E-state index in [9.17, 15) is 9.59 Å². The number of carbonyl (C=O) groups is 2. The molecule has 3 rings (SSSR count). The molecule has 29 heavy (non-hydrogen) atoms. The second kappa shape index (κ2) is 9.69. The van der Waals surface area contributed by atoms with Gasteiger partial charge in [0.1, 0.15) is 5.69 Å². The monoisotopic (exact) mass is 397 g/mol. The Morgan fingerprint density at radius 2 is 1.90 bits per heavy atom. The zero-order chi connectivity index (χ0) is 20.8. The van der Waals surface area contributed by atoms with Crippen molar-refractivity contribution in [2.45, 2.75) is 38.8 Å². The van der Waals surface area contributed by atoms with Crippen LogP contribution in [0.15, 0.2) is 30.3 Å². The van der Waals surface area contributed by atoms with Crippen molar-refractivity contribution < 1.29 is 9.59 Å². The molecule has 0 radical (unpaired) electrons. The van der Waals surface area contributed by atoms with Gasteiger partial charge in [-0.2, -0.15) is 0 Å². The Morgan fingerprint density at radius 1 is 1.14 bits per heavy atom. The van der Waals surface area contributed by atoms with Crippen LogP contribution >= 0.6 is 0 Å². The number of aromatic nitrogens is 2. The Morgan fingerprint density at radius 3 is 2.62 bits per heavy atom. The minimum absolute atomic E-state index is 0.133. The number of fused-ring (bicyclic) bond motifs is 1. The van der Waals surface area contributed by atoms with E-state index in [-0.39, 0.29) is 11.8 Å². The highest BCUT2D eigenvalue weighted by molar-refractivity contribution is 5.97. The quantitative estimate of drug-likeness (QED) is 0.693. The van der Waals surface area contributed by atoms with Gasteiger partial charge in [0.2, 0.25) is 0 Å². The maximum Gasteiger partial charge on any atom is 0.287 e. The second-order valence-electron chi connectivity index (χ2n) is 7.90. The molecular formula is C22H31N5O2. The van der Waals surface area contributed by atoms with E-state index in [0.717, 1.165) is 50.0 Å². The van der Waals surface area contributed by atoms with Crippen LogP contribution < -0.4 is 5.32 Å². The zero-order valence-corrected chi connectivity index (χ0v) is 17.6. The summed E-state index contributed by atoms with van der Waals surface area (Å²) in [6.45, 7) is 2.75. The molecule has 2 heterocycles. The lowest BCUT2D eigenvalue weighted by Gasteiger charge is -2.19. The molecule has 1 aliphatic rings. The van der Waals surface area contributed by atoms with Crippen molar-refractivity contribution in [3.8, 4) is 0 Å². The van der Waals surface area contributed by atoms with Crippen molar-refractivity contribution in [3.63, 3.8) is 0 Å². The lowest BCUT2D eigenvalue weighted by atomic mass is 10.1. The number of rotatable bonds is 8. The van der Waals surface area contributed by atoms with Gasteiger partial charge in [-0.1, -0.05) is 30.3 Å². The first-order chi connectivity index (χ1) is 14.0. The van der Waals surface area contributed by atoms with Crippen LogP contribution in [0.4, 0.5) is 0 Å². The second-order valence-corrected chi connectivity index (χ2v) is 7.90. The van der Waals surface area contributed by atoms with Gasteiger partial charge >= 0.3 is 0 Å². The molecule has 7 nitrogen and oxygen atoms in total. The Hall–Kier alpha value is -2.67. The molecule has 1 aromatic carbocycles. The molecular weight excluding hydrogens is 366 g/mol. The summed E-state index contributed by atoms with van der Waals surface area (Å²) in [4.78, 5) is 34.1. The SMILES string of the molecule is CN(C)CCCNC(=O)c1nc(C(=O)N(C)Cc2ccccc2)c2n1CCCC2. The summed E-state index contributed by atoms with van der Waals surface area (Å²) in [7, 11) is 5.80. The zero-order valence-electron chi connectivity index (χ0n) is 17.6. The van der Waals surface area contributed by atoms with E-state index in [0.29, 0.717) is 24.6 Å². The summed E-state index contributed by atoms with van der Waals surface area (Å²) in [6.07, 6.45) is 3.66. The predicted molar refractivity (Wildman–Crippen MR) is 113 cm³/mol. The van der Waals surface area contributed by atoms with Crippen LogP contribution in [0, 0.1) is 0 Å². The molecule has 2 aromatic rings. The molecule has 0 atom stereocenters. The van der Waals surface area contributed by atoms with Crippen molar-refractivity contribution in [1.29, 1.82) is 0 Å². The summed E-state index contributed by atoms with van der Waals surface area (Å²) in [5.74, 6) is 0.0313. The first kappa shape index (κ1) is 21.0. The summed E-state index contributed by atoms with van der Waals surface area (Å²) < 4.78 is 1.94. The maximum atomic E-state index is 13.1. The van der Waals surface area contributed by atoms with E-state index in [1.54, 1.807) is 11.9 Å². The third-order valence-electron chi connectivity index (χ3n) is 5.20. The van der Waals surface area contributed by atoms with Gasteiger partial charge in [0.25, 0.3) is 11.8 Å². The Kier molecular flexibility index (Phi) is 7.04. The summed E-state index contributed by atoms with van der Waals surface area (Å²) >= 11 is 0. The Balaban J connectivity index is 1.75. The fourth-order valence-corrected chi connectivity index (χ4v) is 3.67. The van der Waals surface area contributed by atoms with Gasteiger partial charge in [-0.25, -0.2) is 4.98 Å². The van der Waals surface area contributed by atoms with Gasteiger partial charge in [0.05, 0.1) is 5.69 Å². The van der Waals surface area contributed by atoms with Gasteiger partial charge in [-0.05, 0) is 51.9 Å². The van der Waals surface area contributed by atoms with Gasteiger partial charge in [0, 0.05) is 26.7 Å². The fourth-order valence-electron chi connectivity index (χ4n) is 3.67. The van der Waals surface area contributed by atoms with Crippen LogP contribution in [0.25, 0.3) is 0 Å². The highest BCUT2D eigenvalue weighted by atomic mass is 16.2. The number of nitrogens with zero attached hydrogens (tertiary/aromatic N) is 4. The first-order valence-corrected chi connectivity index (χ1v) is 10.3. The van der Waals surface area contributed by atoms with Crippen LogP contribution in [0.2, 0.25) is 0 Å². The number of amides is 2. The van der Waals surface area contributed by atoms with Gasteiger partial charge in [0.15, 0.2) is 5.82 Å². The molecule has 0 saturated carbocycles. The van der Waals surface area contributed by atoms with Crippen molar-refractivity contribution in [3.05, 3.63) is 53.1 Å². The average molecular weight is 398 g/mol. The summed E-state index contributed by atoms with van der Waals surface area (Å²) in [6, 6.07) is 9.88. The lowest BCUT2D eigenvalue weighted by molar-refractivity contribution is 0.0778. The summed E-state index contributed by atoms with van der Waals surface area (Å²) in [5.41, 5.74) is 2.37. The molecule has 0 unspecified atom stereocenters. The van der Waals surface area contributed by atoms with E-state index in [2.05, 4.69) is 15.2 Å². The molecule has 0 fully saturated rings.